The van der Waals surface area contributed by atoms with Gasteiger partial charge in [0.1, 0.15) is 11.2 Å². The molecule has 1 heterocycles. The Hall–Kier alpha value is -9.76. The number of rotatable bonds is 7. The van der Waals surface area contributed by atoms with Gasteiger partial charge in [-0.15, -0.1) is 0 Å². The number of fused-ring (bicyclic) bond motifs is 16. The summed E-state index contributed by atoms with van der Waals surface area (Å²) in [5.74, 6) is 0. The fraction of sp³-hybridized carbons (Fsp3) is 0.0270. The van der Waals surface area contributed by atoms with Crippen molar-refractivity contribution >= 4 is 39.0 Å². The van der Waals surface area contributed by atoms with Crippen molar-refractivity contribution in [3.05, 3.63) is 330 Å². The standard InChI is InChI=1S/C74H47NO/c1-3-22-48(23-4-1)52-26-7-14-33-61(52)73(62-34-15-8-27-53(62)49-24-5-2-6-25-49)65-37-18-11-30-56(65)60-46-50(43-45-67(60)73)75(51-42-44-58-57-31-13-20-41-70(57)76-71(58)47-51)69-40-21-39-68-72(69)59-32-12-19-38-66(59)74(68)63-35-16-9-28-54(63)55-29-10-17-36-64(55)74/h1-47H. The molecule has 0 saturated heterocycles. The van der Waals surface area contributed by atoms with E-state index in [0.717, 1.165) is 39.0 Å². The zero-order valence-electron chi connectivity index (χ0n) is 41.5. The van der Waals surface area contributed by atoms with E-state index in [1.54, 1.807) is 0 Å². The summed E-state index contributed by atoms with van der Waals surface area (Å²) in [5.41, 5.74) is 26.3. The Bertz CT molecular complexity index is 4360. The molecule has 12 aromatic carbocycles. The minimum absolute atomic E-state index is 0.502. The first-order chi connectivity index (χ1) is 37.7. The monoisotopic (exact) mass is 965 g/mol. The molecule has 0 unspecified atom stereocenters. The Morgan fingerprint density at radius 1 is 0.250 bits per heavy atom. The van der Waals surface area contributed by atoms with Crippen molar-refractivity contribution < 1.29 is 4.42 Å². The SMILES string of the molecule is c1ccc(-c2ccccc2C2(c3ccccc3-c3ccccc3)c3ccccc3-c3cc(N(c4ccc5c(c4)oc4ccccc45)c4cccc5c4-c4ccccc4C54c5ccccc5-c5ccccc54)ccc32)cc1. The molecule has 354 valence electrons. The number of furan rings is 1. The Morgan fingerprint density at radius 2 is 0.645 bits per heavy atom. The molecular formula is C74H47NO. The molecule has 0 aliphatic heterocycles. The minimum atomic E-state index is -0.704. The Labute approximate surface area is 442 Å². The van der Waals surface area contributed by atoms with E-state index in [1.165, 1.54) is 100 Å². The van der Waals surface area contributed by atoms with E-state index >= 15 is 0 Å². The number of nitrogens with zero attached hydrogens (tertiary/aromatic N) is 1. The predicted octanol–water partition coefficient (Wildman–Crippen LogP) is 19.1. The smallest absolute Gasteiger partial charge is 0.137 e. The highest BCUT2D eigenvalue weighted by Crippen LogP contribution is 2.66. The fourth-order valence-corrected chi connectivity index (χ4v) is 14.1. The third-order valence-electron chi connectivity index (χ3n) is 17.0. The fourth-order valence-electron chi connectivity index (χ4n) is 14.1. The van der Waals surface area contributed by atoms with Crippen LogP contribution in [0.4, 0.5) is 17.1 Å². The van der Waals surface area contributed by atoms with Gasteiger partial charge in [0.15, 0.2) is 0 Å². The highest BCUT2D eigenvalue weighted by Gasteiger charge is 2.53. The van der Waals surface area contributed by atoms with Crippen LogP contribution in [0.2, 0.25) is 0 Å². The van der Waals surface area contributed by atoms with Gasteiger partial charge in [-0.3, -0.25) is 0 Å². The lowest BCUT2D eigenvalue weighted by Crippen LogP contribution is -2.30. The van der Waals surface area contributed by atoms with Gasteiger partial charge in [0.2, 0.25) is 0 Å². The molecule has 0 amide bonds. The van der Waals surface area contributed by atoms with Crippen LogP contribution in [0.25, 0.3) is 77.6 Å². The van der Waals surface area contributed by atoms with E-state index < -0.39 is 10.8 Å². The maximum absolute atomic E-state index is 6.73. The van der Waals surface area contributed by atoms with Crippen LogP contribution in [0, 0.1) is 0 Å². The van der Waals surface area contributed by atoms with Gasteiger partial charge in [0.05, 0.1) is 16.5 Å². The van der Waals surface area contributed by atoms with Gasteiger partial charge in [-0.1, -0.05) is 243 Å². The number of hydrogen-bond donors (Lipinski definition) is 0. The van der Waals surface area contributed by atoms with Crippen LogP contribution in [0.1, 0.15) is 44.5 Å². The second kappa shape index (κ2) is 16.4. The van der Waals surface area contributed by atoms with Crippen LogP contribution >= 0.6 is 0 Å². The third-order valence-corrected chi connectivity index (χ3v) is 17.0. The van der Waals surface area contributed by atoms with Crippen molar-refractivity contribution in [2.75, 3.05) is 4.90 Å². The van der Waals surface area contributed by atoms with Gasteiger partial charge in [0.25, 0.3) is 0 Å². The van der Waals surface area contributed by atoms with Crippen LogP contribution in [-0.4, -0.2) is 0 Å². The summed E-state index contributed by atoms with van der Waals surface area (Å²) in [6.45, 7) is 0. The van der Waals surface area contributed by atoms with Gasteiger partial charge >= 0.3 is 0 Å². The second-order valence-electron chi connectivity index (χ2n) is 20.5. The molecule has 0 fully saturated rings. The highest BCUT2D eigenvalue weighted by atomic mass is 16.3. The molecule has 2 heteroatoms. The Morgan fingerprint density at radius 3 is 1.24 bits per heavy atom. The van der Waals surface area contributed by atoms with Gasteiger partial charge in [-0.05, 0) is 131 Å². The molecule has 2 nitrogen and oxygen atoms in total. The molecule has 0 bridgehead atoms. The van der Waals surface area contributed by atoms with Crippen LogP contribution in [0.3, 0.4) is 0 Å². The predicted molar refractivity (Wildman–Crippen MR) is 313 cm³/mol. The lowest BCUT2D eigenvalue weighted by atomic mass is 9.64. The summed E-state index contributed by atoms with van der Waals surface area (Å²) >= 11 is 0. The van der Waals surface area contributed by atoms with Gasteiger partial charge in [-0.2, -0.15) is 0 Å². The van der Waals surface area contributed by atoms with E-state index in [4.69, 9.17) is 4.42 Å². The summed E-state index contributed by atoms with van der Waals surface area (Å²) < 4.78 is 6.73. The maximum atomic E-state index is 6.73. The van der Waals surface area contributed by atoms with E-state index in [-0.39, 0.29) is 0 Å². The molecule has 0 atom stereocenters. The van der Waals surface area contributed by atoms with Crippen molar-refractivity contribution in [2.45, 2.75) is 10.8 Å². The van der Waals surface area contributed by atoms with Crippen LogP contribution in [0.15, 0.2) is 290 Å². The first-order valence-corrected chi connectivity index (χ1v) is 26.4. The lowest BCUT2D eigenvalue weighted by Gasteiger charge is -2.37. The van der Waals surface area contributed by atoms with Crippen molar-refractivity contribution in [3.8, 4) is 55.6 Å². The summed E-state index contributed by atoms with van der Waals surface area (Å²) in [4.78, 5) is 2.51. The molecule has 3 aliphatic rings. The van der Waals surface area contributed by atoms with Gasteiger partial charge < -0.3 is 9.32 Å². The summed E-state index contributed by atoms with van der Waals surface area (Å²) in [7, 11) is 0. The number of benzene rings is 12. The van der Waals surface area contributed by atoms with E-state index in [0.29, 0.717) is 0 Å². The molecule has 0 radical (unpaired) electrons. The van der Waals surface area contributed by atoms with Crippen molar-refractivity contribution in [2.24, 2.45) is 0 Å². The van der Waals surface area contributed by atoms with Crippen molar-refractivity contribution in [3.63, 3.8) is 0 Å². The molecule has 16 rings (SSSR count). The Kier molecular flexibility index (Phi) is 9.20. The van der Waals surface area contributed by atoms with Gasteiger partial charge in [-0.25, -0.2) is 0 Å². The Balaban J connectivity index is 0.996. The van der Waals surface area contributed by atoms with E-state index in [2.05, 4.69) is 290 Å². The van der Waals surface area contributed by atoms with Crippen LogP contribution < -0.4 is 4.90 Å². The summed E-state index contributed by atoms with van der Waals surface area (Å²) in [5, 5.41) is 2.21. The highest BCUT2D eigenvalue weighted by molar-refractivity contribution is 6.07. The summed E-state index contributed by atoms with van der Waals surface area (Å²) in [6.07, 6.45) is 0. The zero-order chi connectivity index (χ0) is 50.0. The van der Waals surface area contributed by atoms with Crippen molar-refractivity contribution in [1.29, 1.82) is 0 Å². The normalized spacial score (nSPS) is 13.7. The quantitative estimate of drug-likeness (QED) is 0.158. The largest absolute Gasteiger partial charge is 0.456 e. The van der Waals surface area contributed by atoms with Crippen LogP contribution in [-0.2, 0) is 10.8 Å². The van der Waals surface area contributed by atoms with E-state index in [1.807, 2.05) is 0 Å². The number of hydrogen-bond acceptors (Lipinski definition) is 2. The zero-order valence-corrected chi connectivity index (χ0v) is 41.5. The lowest BCUT2D eigenvalue weighted by molar-refractivity contribution is 0.669. The molecule has 0 N–H and O–H groups in total. The molecule has 1 aromatic heterocycles. The van der Waals surface area contributed by atoms with Gasteiger partial charge in [0, 0.05) is 33.8 Å². The summed E-state index contributed by atoms with van der Waals surface area (Å²) in [6, 6.07) is 106. The number of para-hydroxylation sites is 1. The number of anilines is 3. The topological polar surface area (TPSA) is 16.4 Å². The third kappa shape index (κ3) is 5.76. The molecule has 76 heavy (non-hydrogen) atoms. The van der Waals surface area contributed by atoms with Crippen LogP contribution in [0.5, 0.6) is 0 Å². The van der Waals surface area contributed by atoms with Crippen molar-refractivity contribution in [1.82, 2.24) is 0 Å². The first kappa shape index (κ1) is 42.7. The molecule has 0 saturated carbocycles. The first-order valence-electron chi connectivity index (χ1n) is 26.4. The average molecular weight is 966 g/mol. The maximum Gasteiger partial charge on any atom is 0.137 e. The average Bonchev–Trinajstić information content (AvgIpc) is 4.36. The van der Waals surface area contributed by atoms with E-state index in [9.17, 15) is 0 Å². The molecule has 13 aromatic rings. The molecule has 3 aliphatic carbocycles. The second-order valence-corrected chi connectivity index (χ2v) is 20.5. The molecule has 1 spiro atoms. The molecular weight excluding hydrogens is 919 g/mol. The minimum Gasteiger partial charge on any atom is -0.456 e.